The first-order chi connectivity index (χ1) is 12.1. The zero-order valence-corrected chi connectivity index (χ0v) is 14.0. The van der Waals surface area contributed by atoms with Gasteiger partial charge in [0, 0.05) is 13.0 Å². The molecule has 1 saturated heterocycles. The molecule has 4 amide bonds. The van der Waals surface area contributed by atoms with Gasteiger partial charge in [-0.1, -0.05) is 13.0 Å². The molecule has 0 spiro atoms. The first-order valence-electron chi connectivity index (χ1n) is 8.35. The summed E-state index contributed by atoms with van der Waals surface area (Å²) in [6.07, 6.45) is 1.35. The number of ether oxygens (including phenoxy) is 2. The van der Waals surface area contributed by atoms with Crippen LogP contribution in [0.25, 0.3) is 0 Å². The van der Waals surface area contributed by atoms with Crippen molar-refractivity contribution in [2.75, 3.05) is 13.3 Å². The molecular formula is C17H21N3O5. The summed E-state index contributed by atoms with van der Waals surface area (Å²) in [5.74, 6) is 0.828. The number of benzene rings is 1. The van der Waals surface area contributed by atoms with E-state index in [-0.39, 0.29) is 38.0 Å². The Bertz CT molecular complexity index is 691. The molecule has 134 valence electrons. The zero-order valence-electron chi connectivity index (χ0n) is 14.0. The second kappa shape index (κ2) is 7.42. The summed E-state index contributed by atoms with van der Waals surface area (Å²) in [4.78, 5) is 37.3. The molecule has 8 nitrogen and oxygen atoms in total. The molecule has 1 aromatic rings. The van der Waals surface area contributed by atoms with Gasteiger partial charge < -0.3 is 20.1 Å². The second-order valence-electron chi connectivity index (χ2n) is 6.00. The van der Waals surface area contributed by atoms with Gasteiger partial charge in [0.1, 0.15) is 6.04 Å². The van der Waals surface area contributed by atoms with Crippen LogP contribution in [0.3, 0.4) is 0 Å². The average molecular weight is 347 g/mol. The minimum atomic E-state index is -0.658. The minimum Gasteiger partial charge on any atom is -0.454 e. The summed E-state index contributed by atoms with van der Waals surface area (Å²) in [7, 11) is 0. The van der Waals surface area contributed by atoms with Crippen molar-refractivity contribution in [3.05, 3.63) is 23.8 Å². The summed E-state index contributed by atoms with van der Waals surface area (Å²) >= 11 is 0. The van der Waals surface area contributed by atoms with Crippen LogP contribution in [0.15, 0.2) is 18.2 Å². The molecule has 1 aromatic carbocycles. The Morgan fingerprint density at radius 2 is 2.12 bits per heavy atom. The van der Waals surface area contributed by atoms with Gasteiger partial charge in [0.25, 0.3) is 5.91 Å². The van der Waals surface area contributed by atoms with Crippen molar-refractivity contribution < 1.29 is 23.9 Å². The number of carbonyl (C=O) groups is 3. The number of hydrogen-bond donors (Lipinski definition) is 2. The first kappa shape index (κ1) is 17.1. The van der Waals surface area contributed by atoms with E-state index < -0.39 is 12.1 Å². The lowest BCUT2D eigenvalue weighted by Gasteiger charge is -2.13. The van der Waals surface area contributed by atoms with Gasteiger partial charge in [-0.3, -0.25) is 14.5 Å². The third kappa shape index (κ3) is 3.84. The SMILES string of the molecule is CCCNC(=O)CC[C@H]1NC(=O)N(Cc2ccc3c(c2)OCO3)C1=O. The quantitative estimate of drug-likeness (QED) is 0.721. The van der Waals surface area contributed by atoms with Gasteiger partial charge >= 0.3 is 6.03 Å². The Morgan fingerprint density at radius 1 is 1.32 bits per heavy atom. The number of carbonyl (C=O) groups excluding carboxylic acids is 3. The maximum absolute atomic E-state index is 12.4. The number of imide groups is 1. The van der Waals surface area contributed by atoms with E-state index in [2.05, 4.69) is 10.6 Å². The molecule has 0 aromatic heterocycles. The van der Waals surface area contributed by atoms with Crippen LogP contribution >= 0.6 is 0 Å². The van der Waals surface area contributed by atoms with Gasteiger partial charge in [-0.25, -0.2) is 4.79 Å². The van der Waals surface area contributed by atoms with Crippen molar-refractivity contribution in [1.29, 1.82) is 0 Å². The van der Waals surface area contributed by atoms with Crippen LogP contribution in [0.2, 0.25) is 0 Å². The van der Waals surface area contributed by atoms with E-state index in [0.29, 0.717) is 18.0 Å². The average Bonchev–Trinajstić information content (AvgIpc) is 3.17. The normalized spacial score (nSPS) is 18.4. The van der Waals surface area contributed by atoms with Gasteiger partial charge in [0.05, 0.1) is 6.54 Å². The van der Waals surface area contributed by atoms with Crippen molar-refractivity contribution in [2.24, 2.45) is 0 Å². The van der Waals surface area contributed by atoms with Crippen LogP contribution in [0, 0.1) is 0 Å². The number of hydrogen-bond acceptors (Lipinski definition) is 5. The third-order valence-electron chi connectivity index (χ3n) is 4.12. The number of rotatable bonds is 7. The van der Waals surface area contributed by atoms with E-state index in [4.69, 9.17) is 9.47 Å². The molecule has 2 heterocycles. The summed E-state index contributed by atoms with van der Waals surface area (Å²) in [6.45, 7) is 2.90. The maximum Gasteiger partial charge on any atom is 0.325 e. The highest BCUT2D eigenvalue weighted by Crippen LogP contribution is 2.33. The number of nitrogens with one attached hydrogen (secondary N) is 2. The standard InChI is InChI=1S/C17H21N3O5/c1-2-7-18-15(21)6-4-12-16(22)20(17(23)19-12)9-11-3-5-13-14(8-11)25-10-24-13/h3,5,8,12H,2,4,6-7,9-10H2,1H3,(H,18,21)(H,19,23)/t12-/m1/s1. The number of fused-ring (bicyclic) bond motifs is 1. The fourth-order valence-corrected chi connectivity index (χ4v) is 2.77. The molecule has 0 radical (unpaired) electrons. The molecule has 1 atom stereocenters. The second-order valence-corrected chi connectivity index (χ2v) is 6.00. The Hall–Kier alpha value is -2.77. The Kier molecular flexibility index (Phi) is 5.06. The monoisotopic (exact) mass is 347 g/mol. The molecule has 1 fully saturated rings. The lowest BCUT2D eigenvalue weighted by molar-refractivity contribution is -0.128. The lowest BCUT2D eigenvalue weighted by Crippen LogP contribution is -2.32. The highest BCUT2D eigenvalue weighted by atomic mass is 16.7. The van der Waals surface area contributed by atoms with E-state index in [1.807, 2.05) is 6.92 Å². The van der Waals surface area contributed by atoms with Crippen LogP contribution < -0.4 is 20.1 Å². The van der Waals surface area contributed by atoms with Gasteiger partial charge in [-0.05, 0) is 30.5 Å². The lowest BCUT2D eigenvalue weighted by atomic mass is 10.1. The van der Waals surface area contributed by atoms with Gasteiger partial charge in [0.2, 0.25) is 12.7 Å². The predicted octanol–water partition coefficient (Wildman–Crippen LogP) is 1.14. The molecule has 0 saturated carbocycles. The van der Waals surface area contributed by atoms with Crippen LogP contribution in [-0.4, -0.2) is 42.1 Å². The summed E-state index contributed by atoms with van der Waals surface area (Å²) < 4.78 is 10.5. The fraction of sp³-hybridized carbons (Fsp3) is 0.471. The predicted molar refractivity (Wildman–Crippen MR) is 88.0 cm³/mol. The molecule has 2 N–H and O–H groups in total. The highest BCUT2D eigenvalue weighted by Gasteiger charge is 2.37. The molecule has 2 aliphatic heterocycles. The molecule has 0 aliphatic carbocycles. The summed E-state index contributed by atoms with van der Waals surface area (Å²) in [6, 6.07) is 4.20. The molecule has 0 unspecified atom stereocenters. The topological polar surface area (TPSA) is 97.0 Å². The Morgan fingerprint density at radius 3 is 2.92 bits per heavy atom. The summed E-state index contributed by atoms with van der Waals surface area (Å²) in [5, 5.41) is 5.39. The first-order valence-corrected chi connectivity index (χ1v) is 8.35. The van der Waals surface area contributed by atoms with Gasteiger partial charge in [0.15, 0.2) is 11.5 Å². The molecule has 0 bridgehead atoms. The number of amides is 4. The maximum atomic E-state index is 12.4. The van der Waals surface area contributed by atoms with Gasteiger partial charge in [-0.2, -0.15) is 0 Å². The van der Waals surface area contributed by atoms with E-state index >= 15 is 0 Å². The van der Waals surface area contributed by atoms with Crippen molar-refractivity contribution in [3.8, 4) is 11.5 Å². The minimum absolute atomic E-state index is 0.113. The fourth-order valence-electron chi connectivity index (χ4n) is 2.77. The smallest absolute Gasteiger partial charge is 0.325 e. The van der Waals surface area contributed by atoms with E-state index in [1.54, 1.807) is 18.2 Å². The number of urea groups is 1. The highest BCUT2D eigenvalue weighted by molar-refractivity contribution is 6.04. The van der Waals surface area contributed by atoms with Crippen molar-refractivity contribution in [1.82, 2.24) is 15.5 Å². The summed E-state index contributed by atoms with van der Waals surface area (Å²) in [5.41, 5.74) is 0.772. The molecular weight excluding hydrogens is 326 g/mol. The van der Waals surface area contributed by atoms with E-state index in [1.165, 1.54) is 0 Å². The number of nitrogens with zero attached hydrogens (tertiary/aromatic N) is 1. The van der Waals surface area contributed by atoms with Gasteiger partial charge in [-0.15, -0.1) is 0 Å². The third-order valence-corrected chi connectivity index (χ3v) is 4.12. The van der Waals surface area contributed by atoms with Crippen LogP contribution in [0.1, 0.15) is 31.7 Å². The van der Waals surface area contributed by atoms with Crippen LogP contribution in [0.4, 0.5) is 4.79 Å². The Balaban J connectivity index is 1.57. The molecule has 25 heavy (non-hydrogen) atoms. The van der Waals surface area contributed by atoms with Crippen molar-refractivity contribution in [2.45, 2.75) is 38.8 Å². The van der Waals surface area contributed by atoms with Crippen molar-refractivity contribution >= 4 is 17.8 Å². The largest absolute Gasteiger partial charge is 0.454 e. The van der Waals surface area contributed by atoms with E-state index in [0.717, 1.165) is 16.9 Å². The van der Waals surface area contributed by atoms with Crippen molar-refractivity contribution in [3.63, 3.8) is 0 Å². The molecule has 8 heteroatoms. The molecule has 2 aliphatic rings. The van der Waals surface area contributed by atoms with Crippen LogP contribution in [0.5, 0.6) is 11.5 Å². The van der Waals surface area contributed by atoms with E-state index in [9.17, 15) is 14.4 Å². The molecule has 3 rings (SSSR count). The zero-order chi connectivity index (χ0) is 17.8. The Labute approximate surface area is 145 Å². The van der Waals surface area contributed by atoms with Crippen LogP contribution in [-0.2, 0) is 16.1 Å².